The number of ether oxygens (including phenoxy) is 2. The molecule has 0 N–H and O–H groups in total. The Morgan fingerprint density at radius 2 is 1.76 bits per heavy atom. The lowest BCUT2D eigenvalue weighted by Crippen LogP contribution is -2.29. The molecule has 4 aromatic rings. The molecule has 1 aromatic heterocycles. The second kappa shape index (κ2) is 10.2. The lowest BCUT2D eigenvalue weighted by atomic mass is 9.97. The van der Waals surface area contributed by atoms with Crippen LogP contribution in [0, 0.1) is 19.8 Å². The normalized spacial score (nSPS) is 14.9. The summed E-state index contributed by atoms with van der Waals surface area (Å²) in [6.07, 6.45) is 0.909. The van der Waals surface area contributed by atoms with E-state index in [9.17, 15) is 9.59 Å². The van der Waals surface area contributed by atoms with Crippen molar-refractivity contribution in [2.75, 3.05) is 18.6 Å². The minimum atomic E-state index is -0.724. The average Bonchev–Trinajstić information content (AvgIpc) is 3.18. The number of hydrogen-bond acceptors (Lipinski definition) is 5. The average molecular weight is 532 g/mol. The van der Waals surface area contributed by atoms with Crippen molar-refractivity contribution in [2.45, 2.75) is 40.2 Å². The third kappa shape index (κ3) is 4.54. The van der Waals surface area contributed by atoms with Crippen LogP contribution >= 0.6 is 11.6 Å². The smallest absolute Gasteiger partial charge is 0.295 e. The highest BCUT2D eigenvalue weighted by molar-refractivity contribution is 6.31. The minimum Gasteiger partial charge on any atom is -0.493 e. The number of methoxy groups -OCH3 is 1. The maximum Gasteiger partial charge on any atom is 0.295 e. The first-order valence-electron chi connectivity index (χ1n) is 12.7. The SMILES string of the molecule is COc1cc(C2c3c(oc4ccc(Cl)cc4c3=O)C(=O)N2c2ccc(C)c(C)c2)ccc1OCCC(C)C. The van der Waals surface area contributed by atoms with Gasteiger partial charge in [0.15, 0.2) is 16.9 Å². The topological polar surface area (TPSA) is 69.0 Å². The molecule has 6 nitrogen and oxygen atoms in total. The van der Waals surface area contributed by atoms with Gasteiger partial charge < -0.3 is 13.9 Å². The number of nitrogens with zero attached hydrogens (tertiary/aromatic N) is 1. The van der Waals surface area contributed by atoms with E-state index >= 15 is 0 Å². The van der Waals surface area contributed by atoms with Crippen molar-refractivity contribution in [3.05, 3.63) is 97.9 Å². The summed E-state index contributed by atoms with van der Waals surface area (Å²) in [7, 11) is 1.58. The van der Waals surface area contributed by atoms with E-state index in [1.807, 2.05) is 50.2 Å². The maximum absolute atomic E-state index is 13.9. The second-order valence-corrected chi connectivity index (χ2v) is 10.5. The first-order valence-corrected chi connectivity index (χ1v) is 13.0. The van der Waals surface area contributed by atoms with Gasteiger partial charge in [0.25, 0.3) is 5.91 Å². The Morgan fingerprint density at radius 1 is 0.974 bits per heavy atom. The first-order chi connectivity index (χ1) is 18.2. The molecule has 0 spiro atoms. The van der Waals surface area contributed by atoms with E-state index < -0.39 is 6.04 Å². The summed E-state index contributed by atoms with van der Waals surface area (Å²) in [5.41, 5.74) is 3.83. The van der Waals surface area contributed by atoms with Gasteiger partial charge in [-0.3, -0.25) is 14.5 Å². The quantitative estimate of drug-likeness (QED) is 0.251. The predicted octanol–water partition coefficient (Wildman–Crippen LogP) is 7.25. The number of amides is 1. The van der Waals surface area contributed by atoms with Crippen LogP contribution in [0.3, 0.4) is 0 Å². The molecule has 1 aliphatic rings. The summed E-state index contributed by atoms with van der Waals surface area (Å²) in [6.45, 7) is 8.85. The summed E-state index contributed by atoms with van der Waals surface area (Å²) in [6, 6.07) is 15.4. The second-order valence-electron chi connectivity index (χ2n) is 10.1. The molecule has 3 aromatic carbocycles. The highest BCUT2D eigenvalue weighted by Gasteiger charge is 2.44. The van der Waals surface area contributed by atoms with E-state index in [4.69, 9.17) is 25.5 Å². The molecule has 196 valence electrons. The molecule has 1 atom stereocenters. The third-order valence-corrected chi connectivity index (χ3v) is 7.29. The van der Waals surface area contributed by atoms with Crippen molar-refractivity contribution < 1.29 is 18.7 Å². The molecule has 0 saturated heterocycles. The van der Waals surface area contributed by atoms with Gasteiger partial charge >= 0.3 is 0 Å². The van der Waals surface area contributed by atoms with E-state index in [0.717, 1.165) is 17.5 Å². The van der Waals surface area contributed by atoms with Gasteiger partial charge in [-0.2, -0.15) is 0 Å². The molecular formula is C31H30ClNO5. The zero-order valence-electron chi connectivity index (χ0n) is 22.1. The number of carbonyl (C=O) groups excluding carboxylic acids is 1. The fourth-order valence-corrected chi connectivity index (χ4v) is 4.95. The largest absolute Gasteiger partial charge is 0.493 e. The first kappa shape index (κ1) is 25.9. The van der Waals surface area contributed by atoms with Crippen LogP contribution in [0.5, 0.6) is 11.5 Å². The highest BCUT2D eigenvalue weighted by atomic mass is 35.5. The number of aryl methyl sites for hydroxylation is 2. The Hall–Kier alpha value is -3.77. The lowest BCUT2D eigenvalue weighted by Gasteiger charge is -2.26. The summed E-state index contributed by atoms with van der Waals surface area (Å²) < 4.78 is 17.7. The summed E-state index contributed by atoms with van der Waals surface area (Å²) in [4.78, 5) is 29.4. The molecular weight excluding hydrogens is 502 g/mol. The van der Waals surface area contributed by atoms with E-state index in [1.165, 1.54) is 0 Å². The molecule has 0 aliphatic carbocycles. The molecule has 0 radical (unpaired) electrons. The number of hydrogen-bond donors (Lipinski definition) is 0. The molecule has 5 rings (SSSR count). The monoisotopic (exact) mass is 531 g/mol. The molecule has 38 heavy (non-hydrogen) atoms. The van der Waals surface area contributed by atoms with Gasteiger partial charge in [0.2, 0.25) is 5.76 Å². The maximum atomic E-state index is 13.9. The van der Waals surface area contributed by atoms with E-state index in [-0.39, 0.29) is 22.7 Å². The van der Waals surface area contributed by atoms with Gasteiger partial charge in [-0.25, -0.2) is 0 Å². The van der Waals surface area contributed by atoms with Crippen LogP contribution < -0.4 is 19.8 Å². The van der Waals surface area contributed by atoms with E-state index in [1.54, 1.807) is 30.2 Å². The Labute approximate surface area is 226 Å². The van der Waals surface area contributed by atoms with Gasteiger partial charge in [0, 0.05) is 10.7 Å². The third-order valence-electron chi connectivity index (χ3n) is 7.06. The van der Waals surface area contributed by atoms with Crippen molar-refractivity contribution in [2.24, 2.45) is 5.92 Å². The van der Waals surface area contributed by atoms with Gasteiger partial charge in [-0.1, -0.05) is 37.6 Å². The molecule has 2 heterocycles. The predicted molar refractivity (Wildman–Crippen MR) is 150 cm³/mol. The van der Waals surface area contributed by atoms with Crippen LogP contribution in [0.4, 0.5) is 5.69 Å². The fourth-order valence-electron chi connectivity index (χ4n) is 4.78. The van der Waals surface area contributed by atoms with Crippen molar-refractivity contribution in [1.29, 1.82) is 0 Å². The van der Waals surface area contributed by atoms with Crippen molar-refractivity contribution >= 4 is 34.2 Å². The minimum absolute atomic E-state index is 0.0317. The van der Waals surface area contributed by atoms with Crippen LogP contribution in [0.25, 0.3) is 11.0 Å². The molecule has 7 heteroatoms. The fraction of sp³-hybridized carbons (Fsp3) is 0.290. The van der Waals surface area contributed by atoms with Gasteiger partial charge in [-0.15, -0.1) is 0 Å². The van der Waals surface area contributed by atoms with Crippen LogP contribution in [0.1, 0.15) is 59.1 Å². The Kier molecular flexibility index (Phi) is 6.93. The van der Waals surface area contributed by atoms with E-state index in [0.29, 0.717) is 51.3 Å². The molecule has 1 aliphatic heterocycles. The number of halogens is 1. The Bertz CT molecular complexity index is 1610. The van der Waals surface area contributed by atoms with Gasteiger partial charge in [0.1, 0.15) is 5.58 Å². The number of fused-ring (bicyclic) bond motifs is 2. The summed E-state index contributed by atoms with van der Waals surface area (Å²) in [5, 5.41) is 0.748. The molecule has 0 saturated carbocycles. The molecule has 0 fully saturated rings. The van der Waals surface area contributed by atoms with Gasteiger partial charge in [-0.05, 0) is 85.3 Å². The number of rotatable bonds is 7. The molecule has 1 unspecified atom stereocenters. The summed E-state index contributed by atoms with van der Waals surface area (Å²) in [5.74, 6) is 1.30. The number of anilines is 1. The van der Waals surface area contributed by atoms with Crippen LogP contribution in [0.2, 0.25) is 5.02 Å². The lowest BCUT2D eigenvalue weighted by molar-refractivity contribution is 0.0971. The molecule has 1 amide bonds. The zero-order valence-corrected chi connectivity index (χ0v) is 22.9. The van der Waals surface area contributed by atoms with Crippen molar-refractivity contribution in [1.82, 2.24) is 0 Å². The summed E-state index contributed by atoms with van der Waals surface area (Å²) >= 11 is 6.21. The Morgan fingerprint density at radius 3 is 2.47 bits per heavy atom. The Balaban J connectivity index is 1.70. The zero-order chi connectivity index (χ0) is 27.1. The highest BCUT2D eigenvalue weighted by Crippen LogP contribution is 2.43. The number of carbonyl (C=O) groups is 1. The van der Waals surface area contributed by atoms with Crippen molar-refractivity contribution in [3.8, 4) is 11.5 Å². The van der Waals surface area contributed by atoms with Crippen LogP contribution in [-0.4, -0.2) is 19.6 Å². The molecule has 0 bridgehead atoms. The van der Waals surface area contributed by atoms with E-state index in [2.05, 4.69) is 13.8 Å². The standard InChI is InChI=1S/C31H30ClNO5/c1-17(2)12-13-37-25-10-7-20(15-26(25)36-5)28-27-29(34)23-16-21(32)8-11-24(23)38-30(27)31(35)33(28)22-9-6-18(3)19(4)14-22/h6-11,14-17,28H,12-13H2,1-5H3. The van der Waals surface area contributed by atoms with Crippen LogP contribution in [0.15, 0.2) is 63.8 Å². The van der Waals surface area contributed by atoms with Crippen molar-refractivity contribution in [3.63, 3.8) is 0 Å². The van der Waals surface area contributed by atoms with Crippen LogP contribution in [-0.2, 0) is 0 Å². The van der Waals surface area contributed by atoms with Gasteiger partial charge in [0.05, 0.1) is 30.7 Å². The number of benzene rings is 3.